The van der Waals surface area contributed by atoms with Gasteiger partial charge in [0.25, 0.3) is 20.0 Å². The quantitative estimate of drug-likeness (QED) is 0.339. The minimum Gasteiger partial charge on any atom is -1.00 e. The van der Waals surface area contributed by atoms with Crippen LogP contribution in [0, 0.1) is 0 Å². The number of primary sulfonamides is 2. The molecule has 0 aromatic rings. The Morgan fingerprint density at radius 2 is 0.543 bits per heavy atom. The molecule has 0 aromatic carbocycles. The molecule has 0 aliphatic carbocycles. The van der Waals surface area contributed by atoms with Crippen molar-refractivity contribution in [2.45, 2.75) is 46.6 Å². The predicted molar refractivity (Wildman–Crippen MR) is 69.1 cm³/mol. The van der Waals surface area contributed by atoms with Gasteiger partial charge in [-0.15, -0.1) is 0 Å². The fourth-order valence-corrected chi connectivity index (χ4v) is 2.05. The van der Waals surface area contributed by atoms with Crippen LogP contribution in [0.3, 0.4) is 0 Å². The van der Waals surface area contributed by atoms with Crippen molar-refractivity contribution < 1.29 is 116 Å². The second-order valence-electron chi connectivity index (χ2n) is 5.42. The normalized spacial score (nSPS) is 15.7. The summed E-state index contributed by atoms with van der Waals surface area (Å²) in [6.45, 7) is 0. The van der Waals surface area contributed by atoms with E-state index < -0.39 is 66.6 Å². The molecule has 210 valence electrons. The first-order chi connectivity index (χ1) is 14.0. The Labute approximate surface area is 193 Å². The summed E-state index contributed by atoms with van der Waals surface area (Å²) in [5, 5.41) is -6.60. The van der Waals surface area contributed by atoms with Crippen LogP contribution in [0.4, 0.5) is 79.0 Å². The maximum Gasteiger partial charge on any atom is 1.00 e. The van der Waals surface area contributed by atoms with Crippen molar-refractivity contribution in [2.24, 2.45) is 10.3 Å². The molecule has 0 heterocycles. The van der Waals surface area contributed by atoms with Crippen molar-refractivity contribution in [1.29, 1.82) is 0 Å². The largest absolute Gasteiger partial charge is 1.00 e. The molecule has 6 nitrogen and oxygen atoms in total. The van der Waals surface area contributed by atoms with Crippen LogP contribution in [0.5, 0.6) is 0 Å². The van der Waals surface area contributed by atoms with E-state index in [0.29, 0.717) is 0 Å². The molecule has 27 heteroatoms. The van der Waals surface area contributed by atoms with Crippen LogP contribution in [0.1, 0.15) is 1.43 Å². The van der Waals surface area contributed by atoms with E-state index in [0.717, 1.165) is 0 Å². The van der Waals surface area contributed by atoms with Crippen molar-refractivity contribution in [1.82, 2.24) is 0 Å². The van der Waals surface area contributed by atoms with Gasteiger partial charge in [0, 0.05) is 0 Å². The molecule has 0 bridgehead atoms. The van der Waals surface area contributed by atoms with E-state index in [-0.39, 0.29) is 20.3 Å². The SMILES string of the molecule is NS(=O)(=O)C(F)(F)C(F)(F)C(F)(F)C(F)(F)F.NS(=O)(=O)C(F)(F)C(F)(F)C(F)(F)C(F)(F)F.[H-].[Li+]. The summed E-state index contributed by atoms with van der Waals surface area (Å²) in [6, 6.07) is 0. The summed E-state index contributed by atoms with van der Waals surface area (Å²) in [7, 11) is -13.3. The summed E-state index contributed by atoms with van der Waals surface area (Å²) in [5.41, 5.74) is 0. The number of nitrogens with two attached hydrogens (primary N) is 2. The molecule has 0 amide bonds. The number of sulfonamides is 2. The molecule has 0 saturated carbocycles. The fourth-order valence-electron chi connectivity index (χ4n) is 1.08. The number of rotatable bonds is 6. The second-order valence-corrected chi connectivity index (χ2v) is 8.62. The molecule has 0 atom stereocenters. The van der Waals surface area contributed by atoms with E-state index in [1.807, 2.05) is 0 Å². The Bertz CT molecular complexity index is 883. The van der Waals surface area contributed by atoms with Crippen LogP contribution < -0.4 is 29.1 Å². The third-order valence-corrected chi connectivity index (χ3v) is 4.89. The zero-order chi connectivity index (χ0) is 29.0. The smallest absolute Gasteiger partial charge is 1.00 e. The average Bonchev–Trinajstić information content (AvgIpc) is 2.50. The Morgan fingerprint density at radius 3 is 0.629 bits per heavy atom. The van der Waals surface area contributed by atoms with Gasteiger partial charge in [0.2, 0.25) is 0 Å². The third-order valence-electron chi connectivity index (χ3n) is 2.95. The molecular formula is C8H5F18LiN2O4S2. The fraction of sp³-hybridized carbons (Fsp3) is 1.00. The zero-order valence-electron chi connectivity index (χ0n) is 16.4. The van der Waals surface area contributed by atoms with Crippen molar-refractivity contribution in [3.8, 4) is 0 Å². The van der Waals surface area contributed by atoms with Gasteiger partial charge in [-0.3, -0.25) is 0 Å². The second kappa shape index (κ2) is 9.80. The summed E-state index contributed by atoms with van der Waals surface area (Å²) in [6.07, 6.45) is -14.2. The summed E-state index contributed by atoms with van der Waals surface area (Å²) in [5.74, 6) is -29.0. The van der Waals surface area contributed by atoms with Gasteiger partial charge in [0.1, 0.15) is 0 Å². The van der Waals surface area contributed by atoms with Gasteiger partial charge < -0.3 is 1.43 Å². The molecule has 35 heavy (non-hydrogen) atoms. The van der Waals surface area contributed by atoms with Crippen LogP contribution >= 0.6 is 0 Å². The van der Waals surface area contributed by atoms with E-state index >= 15 is 0 Å². The van der Waals surface area contributed by atoms with Gasteiger partial charge in [-0.2, -0.15) is 79.0 Å². The van der Waals surface area contributed by atoms with Crippen LogP contribution in [-0.2, 0) is 20.0 Å². The predicted octanol–water partition coefficient (Wildman–Crippen LogP) is 0.518. The molecule has 0 saturated heterocycles. The van der Waals surface area contributed by atoms with Crippen molar-refractivity contribution in [3.63, 3.8) is 0 Å². The van der Waals surface area contributed by atoms with E-state index in [1.54, 1.807) is 0 Å². The molecular weight excluding hydrogens is 601 g/mol. The molecule has 0 aliphatic rings. The summed E-state index contributed by atoms with van der Waals surface area (Å²) in [4.78, 5) is 0. The minimum atomic E-state index is -7.27. The minimum absolute atomic E-state index is 0. The van der Waals surface area contributed by atoms with Crippen LogP contribution in [-0.4, -0.2) is 63.4 Å². The first-order valence-electron chi connectivity index (χ1n) is 6.45. The molecule has 0 aliphatic heterocycles. The van der Waals surface area contributed by atoms with Crippen molar-refractivity contribution >= 4 is 20.0 Å². The number of alkyl halides is 18. The summed E-state index contributed by atoms with van der Waals surface area (Å²) >= 11 is 0. The molecule has 0 fully saturated rings. The first-order valence-corrected chi connectivity index (χ1v) is 9.54. The summed E-state index contributed by atoms with van der Waals surface area (Å²) < 4.78 is 255. The van der Waals surface area contributed by atoms with Crippen LogP contribution in [0.2, 0.25) is 0 Å². The number of hydrogen-bond acceptors (Lipinski definition) is 4. The molecule has 0 aromatic heterocycles. The Hall–Kier alpha value is -0.843. The topological polar surface area (TPSA) is 120 Å². The van der Waals surface area contributed by atoms with Crippen LogP contribution in [0.15, 0.2) is 0 Å². The van der Waals surface area contributed by atoms with Gasteiger partial charge in [-0.25, -0.2) is 27.1 Å². The van der Waals surface area contributed by atoms with Gasteiger partial charge in [-0.1, -0.05) is 0 Å². The maximum absolute atomic E-state index is 12.3. The van der Waals surface area contributed by atoms with Gasteiger partial charge in [-0.05, 0) is 0 Å². The number of hydrogen-bond donors (Lipinski definition) is 2. The van der Waals surface area contributed by atoms with Crippen molar-refractivity contribution in [3.05, 3.63) is 0 Å². The Kier molecular flexibility index (Phi) is 10.8. The average molecular weight is 606 g/mol. The monoisotopic (exact) mass is 606 g/mol. The maximum atomic E-state index is 12.3. The zero-order valence-corrected chi connectivity index (χ0v) is 17.0. The molecule has 0 unspecified atom stereocenters. The van der Waals surface area contributed by atoms with E-state index in [1.165, 1.54) is 0 Å². The molecule has 4 N–H and O–H groups in total. The first kappa shape index (κ1) is 38.7. The standard InChI is InChI=1S/2C4H2F9NO2S.Li.H/c2*5-1(6,3(9,10)11)2(7,8)4(12,13)17(14,15)16;;/h2*(H2,14,15,16);;/q;;+1;-1. The van der Waals surface area contributed by atoms with E-state index in [4.69, 9.17) is 0 Å². The van der Waals surface area contributed by atoms with Gasteiger partial charge >= 0.3 is 65.4 Å². The van der Waals surface area contributed by atoms with Gasteiger partial charge in [0.15, 0.2) is 0 Å². The molecule has 0 radical (unpaired) electrons. The van der Waals surface area contributed by atoms with Crippen LogP contribution in [0.25, 0.3) is 0 Å². The third kappa shape index (κ3) is 6.36. The Morgan fingerprint density at radius 1 is 0.400 bits per heavy atom. The van der Waals surface area contributed by atoms with E-state index in [9.17, 15) is 95.9 Å². The number of halogens is 18. The molecule has 0 spiro atoms. The van der Waals surface area contributed by atoms with Crippen molar-refractivity contribution in [2.75, 3.05) is 0 Å². The van der Waals surface area contributed by atoms with E-state index in [2.05, 4.69) is 10.3 Å². The molecule has 0 rings (SSSR count). The Balaban J connectivity index is -0.000000269. The van der Waals surface area contributed by atoms with Gasteiger partial charge in [0.05, 0.1) is 0 Å².